The van der Waals surface area contributed by atoms with Gasteiger partial charge >= 0.3 is 0 Å². The first-order chi connectivity index (χ1) is 10.8. The Hall–Kier alpha value is -1.45. The molecule has 0 radical (unpaired) electrons. The standard InChI is InChI=1S/C19H24N2O/c1-2-13-12-21-10-8-14(13)11-18(21)19(22)16-7-9-20-17-6-4-3-5-15(16)17/h3-7,9,13-14,18-19,22H,2,8,10-12H2,1H3/t13?,14-,18-,19+/m1/s1. The fraction of sp³-hybridized carbons (Fsp3) is 0.526. The highest BCUT2D eigenvalue weighted by Crippen LogP contribution is 2.42. The third-order valence-electron chi connectivity index (χ3n) is 5.83. The minimum absolute atomic E-state index is 0.271. The number of para-hydroxylation sites is 1. The minimum Gasteiger partial charge on any atom is -0.387 e. The number of aromatic nitrogens is 1. The molecule has 116 valence electrons. The zero-order chi connectivity index (χ0) is 15.1. The number of piperidine rings is 3. The van der Waals surface area contributed by atoms with E-state index in [1.165, 1.54) is 12.8 Å². The molecule has 5 atom stereocenters. The number of benzene rings is 1. The number of aliphatic hydroxyl groups is 1. The smallest absolute Gasteiger partial charge is 0.0952 e. The molecule has 3 saturated heterocycles. The van der Waals surface area contributed by atoms with Crippen LogP contribution in [0.15, 0.2) is 36.5 Å². The third kappa shape index (κ3) is 2.24. The fourth-order valence-electron chi connectivity index (χ4n) is 4.55. The number of rotatable bonds is 3. The molecule has 22 heavy (non-hydrogen) atoms. The quantitative estimate of drug-likeness (QED) is 0.943. The number of hydrogen-bond donors (Lipinski definition) is 1. The molecule has 1 aromatic carbocycles. The van der Waals surface area contributed by atoms with Gasteiger partial charge in [-0.15, -0.1) is 0 Å². The summed E-state index contributed by atoms with van der Waals surface area (Å²) in [7, 11) is 0. The lowest BCUT2D eigenvalue weighted by Gasteiger charge is -2.51. The van der Waals surface area contributed by atoms with Crippen molar-refractivity contribution in [3.63, 3.8) is 0 Å². The van der Waals surface area contributed by atoms with E-state index in [1.54, 1.807) is 0 Å². The zero-order valence-corrected chi connectivity index (χ0v) is 13.2. The molecule has 2 unspecified atom stereocenters. The van der Waals surface area contributed by atoms with Crippen LogP contribution in [0.2, 0.25) is 0 Å². The first kappa shape index (κ1) is 14.2. The first-order valence-electron chi connectivity index (χ1n) is 8.53. The molecule has 1 N–H and O–H groups in total. The summed E-state index contributed by atoms with van der Waals surface area (Å²) >= 11 is 0. The molecule has 3 fully saturated rings. The van der Waals surface area contributed by atoms with Gasteiger partial charge in [0.05, 0.1) is 11.6 Å². The largest absolute Gasteiger partial charge is 0.387 e. The van der Waals surface area contributed by atoms with Gasteiger partial charge in [0.1, 0.15) is 0 Å². The predicted molar refractivity (Wildman–Crippen MR) is 88.6 cm³/mol. The summed E-state index contributed by atoms with van der Waals surface area (Å²) in [6, 6.07) is 10.4. The van der Waals surface area contributed by atoms with Crippen LogP contribution in [0.4, 0.5) is 0 Å². The highest BCUT2D eigenvalue weighted by molar-refractivity contribution is 5.82. The molecule has 0 spiro atoms. The molecule has 0 saturated carbocycles. The van der Waals surface area contributed by atoms with Crippen molar-refractivity contribution in [1.29, 1.82) is 0 Å². The van der Waals surface area contributed by atoms with E-state index in [-0.39, 0.29) is 6.04 Å². The molecular formula is C19H24N2O. The van der Waals surface area contributed by atoms with Crippen LogP contribution in [0.1, 0.15) is 37.9 Å². The fourth-order valence-corrected chi connectivity index (χ4v) is 4.55. The number of pyridine rings is 1. The van der Waals surface area contributed by atoms with Gasteiger partial charge in [0.25, 0.3) is 0 Å². The molecule has 2 bridgehead atoms. The van der Waals surface area contributed by atoms with Gasteiger partial charge in [0.15, 0.2) is 0 Å². The molecule has 1 aromatic heterocycles. The second kappa shape index (κ2) is 5.64. The first-order valence-corrected chi connectivity index (χ1v) is 8.53. The van der Waals surface area contributed by atoms with Crippen LogP contribution >= 0.6 is 0 Å². The summed E-state index contributed by atoms with van der Waals surface area (Å²) in [4.78, 5) is 6.94. The van der Waals surface area contributed by atoms with Gasteiger partial charge < -0.3 is 5.11 Å². The number of nitrogens with zero attached hydrogens (tertiary/aromatic N) is 2. The van der Waals surface area contributed by atoms with Gasteiger partial charge in [-0.2, -0.15) is 0 Å². The Morgan fingerprint density at radius 1 is 1.32 bits per heavy atom. The lowest BCUT2D eigenvalue weighted by Crippen LogP contribution is -2.55. The molecule has 4 heterocycles. The van der Waals surface area contributed by atoms with Crippen LogP contribution in [0.3, 0.4) is 0 Å². The Labute approximate surface area is 132 Å². The van der Waals surface area contributed by atoms with Crippen molar-refractivity contribution in [3.05, 3.63) is 42.1 Å². The van der Waals surface area contributed by atoms with E-state index in [2.05, 4.69) is 22.9 Å². The van der Waals surface area contributed by atoms with E-state index in [9.17, 15) is 5.11 Å². The summed E-state index contributed by atoms with van der Waals surface area (Å²) in [6.45, 7) is 4.60. The summed E-state index contributed by atoms with van der Waals surface area (Å²) in [5.41, 5.74) is 2.01. The third-order valence-corrected chi connectivity index (χ3v) is 5.83. The lowest BCUT2D eigenvalue weighted by atomic mass is 9.72. The van der Waals surface area contributed by atoms with E-state index in [0.29, 0.717) is 0 Å². The van der Waals surface area contributed by atoms with Crippen molar-refractivity contribution >= 4 is 10.9 Å². The Balaban J connectivity index is 1.66. The molecule has 3 heteroatoms. The van der Waals surface area contributed by atoms with Crippen molar-refractivity contribution < 1.29 is 5.11 Å². The maximum absolute atomic E-state index is 11.1. The van der Waals surface area contributed by atoms with E-state index < -0.39 is 6.10 Å². The van der Waals surface area contributed by atoms with Crippen molar-refractivity contribution in [3.8, 4) is 0 Å². The summed E-state index contributed by atoms with van der Waals surface area (Å²) in [6.07, 6.45) is 5.12. The highest BCUT2D eigenvalue weighted by Gasteiger charge is 2.42. The van der Waals surface area contributed by atoms with Crippen molar-refractivity contribution in [2.75, 3.05) is 13.1 Å². The van der Waals surface area contributed by atoms with Crippen LogP contribution < -0.4 is 0 Å². The van der Waals surface area contributed by atoms with Crippen molar-refractivity contribution in [2.45, 2.75) is 38.3 Å². The summed E-state index contributed by atoms with van der Waals surface area (Å²) < 4.78 is 0. The maximum atomic E-state index is 11.1. The lowest BCUT2D eigenvalue weighted by molar-refractivity contribution is -0.0562. The normalized spacial score (nSPS) is 32.3. The summed E-state index contributed by atoms with van der Waals surface area (Å²) in [5, 5.41) is 12.1. The maximum Gasteiger partial charge on any atom is 0.0952 e. The predicted octanol–water partition coefficient (Wildman–Crippen LogP) is 3.39. The SMILES string of the molecule is CCC1CN2CC[C@@H]1C[C@@H]2[C@@H](O)c1ccnc2ccccc12. The number of fused-ring (bicyclic) bond motifs is 4. The topological polar surface area (TPSA) is 36.4 Å². The Kier molecular flexibility index (Phi) is 3.63. The number of aliphatic hydroxyl groups excluding tert-OH is 1. The molecule has 3 nitrogen and oxygen atoms in total. The van der Waals surface area contributed by atoms with Gasteiger partial charge in [-0.05, 0) is 48.9 Å². The average Bonchev–Trinajstić information content (AvgIpc) is 2.60. The van der Waals surface area contributed by atoms with E-state index in [1.807, 2.05) is 30.5 Å². The van der Waals surface area contributed by atoms with Crippen LogP contribution in [0.5, 0.6) is 0 Å². The minimum atomic E-state index is -0.409. The van der Waals surface area contributed by atoms with Gasteiger partial charge in [-0.3, -0.25) is 9.88 Å². The molecule has 5 rings (SSSR count). The molecule has 3 aliphatic heterocycles. The second-order valence-electron chi connectivity index (χ2n) is 6.88. The van der Waals surface area contributed by atoms with Crippen LogP contribution in [0, 0.1) is 11.8 Å². The van der Waals surface area contributed by atoms with E-state index in [0.717, 1.165) is 47.8 Å². The average molecular weight is 296 g/mol. The van der Waals surface area contributed by atoms with Gasteiger partial charge in [-0.25, -0.2) is 0 Å². The van der Waals surface area contributed by atoms with Crippen molar-refractivity contribution in [1.82, 2.24) is 9.88 Å². The number of hydrogen-bond acceptors (Lipinski definition) is 3. The van der Waals surface area contributed by atoms with Crippen LogP contribution in [-0.4, -0.2) is 34.1 Å². The van der Waals surface area contributed by atoms with Crippen molar-refractivity contribution in [2.24, 2.45) is 11.8 Å². The molecule has 0 aliphatic carbocycles. The van der Waals surface area contributed by atoms with Crippen LogP contribution in [0.25, 0.3) is 10.9 Å². The summed E-state index contributed by atoms with van der Waals surface area (Å²) in [5.74, 6) is 1.62. The molecule has 0 amide bonds. The van der Waals surface area contributed by atoms with Crippen LogP contribution in [-0.2, 0) is 0 Å². The monoisotopic (exact) mass is 296 g/mol. The Bertz CT molecular complexity index is 666. The molecule has 2 aromatic rings. The Morgan fingerprint density at radius 3 is 2.95 bits per heavy atom. The van der Waals surface area contributed by atoms with Gasteiger partial charge in [0, 0.05) is 24.2 Å². The second-order valence-corrected chi connectivity index (χ2v) is 6.88. The Morgan fingerprint density at radius 2 is 2.18 bits per heavy atom. The molecular weight excluding hydrogens is 272 g/mol. The van der Waals surface area contributed by atoms with E-state index >= 15 is 0 Å². The van der Waals surface area contributed by atoms with E-state index in [4.69, 9.17) is 0 Å². The zero-order valence-electron chi connectivity index (χ0n) is 13.2. The van der Waals surface area contributed by atoms with Gasteiger partial charge in [-0.1, -0.05) is 31.5 Å². The van der Waals surface area contributed by atoms with Gasteiger partial charge in [0.2, 0.25) is 0 Å². The highest BCUT2D eigenvalue weighted by atomic mass is 16.3. The molecule has 3 aliphatic rings.